The Labute approximate surface area is 97.7 Å². The first-order valence-corrected chi connectivity index (χ1v) is 7.02. The van der Waals surface area contributed by atoms with Gasteiger partial charge in [0.1, 0.15) is 5.76 Å². The number of hydrogen-bond donors (Lipinski definition) is 1. The third-order valence-electron chi connectivity index (χ3n) is 3.04. The number of carbonyl (C=O) groups excluding carboxylic acids is 1. The molecule has 1 aromatic rings. The number of aromatic nitrogens is 1. The summed E-state index contributed by atoms with van der Waals surface area (Å²) in [6, 6.07) is 0.581. The van der Waals surface area contributed by atoms with Gasteiger partial charge < -0.3 is 9.84 Å². The van der Waals surface area contributed by atoms with Crippen LogP contribution in [0.4, 0.5) is 10.6 Å². The molecular formula is C9H11N3O4S. The number of nitrogens with zero attached hydrogens (tertiary/aromatic N) is 2. The maximum Gasteiger partial charge on any atom is 0.323 e. The van der Waals surface area contributed by atoms with Crippen LogP contribution in [-0.4, -0.2) is 43.2 Å². The van der Waals surface area contributed by atoms with Crippen LogP contribution >= 0.6 is 0 Å². The number of hydrogen-bond acceptors (Lipinski definition) is 5. The summed E-state index contributed by atoms with van der Waals surface area (Å²) in [6.45, 7) is 1.72. The van der Waals surface area contributed by atoms with Crippen molar-refractivity contribution >= 4 is 21.7 Å². The van der Waals surface area contributed by atoms with Crippen LogP contribution < -0.4 is 10.2 Å². The number of anilines is 1. The van der Waals surface area contributed by atoms with E-state index in [0.717, 1.165) is 0 Å². The SMILES string of the molecule is Cc1cc(N2C(=O)N[C@H]3CS(=O)(=O)C[C@@H]32)no1. The van der Waals surface area contributed by atoms with Gasteiger partial charge in [0.25, 0.3) is 0 Å². The lowest BCUT2D eigenvalue weighted by Gasteiger charge is -2.17. The van der Waals surface area contributed by atoms with Crippen LogP contribution in [0.2, 0.25) is 0 Å². The van der Waals surface area contributed by atoms with Crippen LogP contribution in [0.5, 0.6) is 0 Å². The summed E-state index contributed by atoms with van der Waals surface area (Å²) in [6.07, 6.45) is 0. The summed E-state index contributed by atoms with van der Waals surface area (Å²) in [7, 11) is -3.08. The first kappa shape index (κ1) is 10.6. The van der Waals surface area contributed by atoms with Crippen molar-refractivity contribution in [2.45, 2.75) is 19.0 Å². The van der Waals surface area contributed by atoms with Crippen LogP contribution in [0.1, 0.15) is 5.76 Å². The van der Waals surface area contributed by atoms with Crippen molar-refractivity contribution in [3.63, 3.8) is 0 Å². The number of amides is 2. The van der Waals surface area contributed by atoms with Crippen molar-refractivity contribution < 1.29 is 17.7 Å². The molecule has 2 amide bonds. The summed E-state index contributed by atoms with van der Waals surface area (Å²) < 4.78 is 27.9. The first-order chi connectivity index (χ1) is 7.96. The van der Waals surface area contributed by atoms with Crippen LogP contribution in [0.25, 0.3) is 0 Å². The van der Waals surface area contributed by atoms with Gasteiger partial charge in [-0.3, -0.25) is 4.90 Å². The summed E-state index contributed by atoms with van der Waals surface area (Å²) >= 11 is 0. The summed E-state index contributed by atoms with van der Waals surface area (Å²) in [4.78, 5) is 13.1. The van der Waals surface area contributed by atoms with E-state index in [9.17, 15) is 13.2 Å². The first-order valence-electron chi connectivity index (χ1n) is 5.20. The standard InChI is InChI=1S/C9H11N3O4S/c1-5-2-8(11-16-5)12-7-4-17(14,15)3-6(7)10-9(12)13/h2,6-7H,3-4H2,1H3,(H,10,13)/t6-,7-/m0/s1. The monoisotopic (exact) mass is 257 g/mol. The largest absolute Gasteiger partial charge is 0.360 e. The van der Waals surface area contributed by atoms with E-state index in [1.54, 1.807) is 13.0 Å². The Balaban J connectivity index is 1.97. The fourth-order valence-electron chi connectivity index (χ4n) is 2.34. The highest BCUT2D eigenvalue weighted by Gasteiger charge is 2.50. The second-order valence-corrected chi connectivity index (χ2v) is 6.52. The molecule has 1 N–H and O–H groups in total. The van der Waals surface area contributed by atoms with Gasteiger partial charge in [-0.2, -0.15) is 0 Å². The number of aryl methyl sites for hydroxylation is 1. The third-order valence-corrected chi connectivity index (χ3v) is 4.76. The lowest BCUT2D eigenvalue weighted by Crippen LogP contribution is -2.37. The van der Waals surface area contributed by atoms with E-state index in [1.165, 1.54) is 4.90 Å². The average Bonchev–Trinajstić information content (AvgIpc) is 2.78. The molecule has 0 aliphatic carbocycles. The molecule has 2 saturated heterocycles. The Morgan fingerprint density at radius 3 is 2.94 bits per heavy atom. The molecule has 3 heterocycles. The molecule has 1 aromatic heterocycles. The van der Waals surface area contributed by atoms with Crippen LogP contribution in [0, 0.1) is 6.92 Å². The maximum absolute atomic E-state index is 11.7. The second-order valence-electron chi connectivity index (χ2n) is 4.37. The molecule has 2 aliphatic rings. The fraction of sp³-hybridized carbons (Fsp3) is 0.556. The summed E-state index contributed by atoms with van der Waals surface area (Å²) in [5.41, 5.74) is 0. The predicted molar refractivity (Wildman–Crippen MR) is 58.5 cm³/mol. The minimum atomic E-state index is -3.08. The molecule has 0 unspecified atom stereocenters. The van der Waals surface area contributed by atoms with Gasteiger partial charge in [0.2, 0.25) is 0 Å². The number of fused-ring (bicyclic) bond motifs is 1. The molecule has 8 heteroatoms. The van der Waals surface area contributed by atoms with Gasteiger partial charge in [0.15, 0.2) is 15.7 Å². The maximum atomic E-state index is 11.7. The molecule has 17 heavy (non-hydrogen) atoms. The topological polar surface area (TPSA) is 92.5 Å². The van der Waals surface area contributed by atoms with Crippen molar-refractivity contribution in [2.24, 2.45) is 0 Å². The molecule has 2 aliphatic heterocycles. The quantitative estimate of drug-likeness (QED) is 0.696. The minimum Gasteiger partial charge on any atom is -0.360 e. The van der Waals surface area contributed by atoms with E-state index < -0.39 is 9.84 Å². The summed E-state index contributed by atoms with van der Waals surface area (Å²) in [5, 5.41) is 6.41. The van der Waals surface area contributed by atoms with Crippen molar-refractivity contribution in [3.05, 3.63) is 11.8 Å². The van der Waals surface area contributed by atoms with Gasteiger partial charge in [-0.15, -0.1) is 0 Å². The molecule has 0 radical (unpaired) electrons. The number of carbonyl (C=O) groups is 1. The fourth-order valence-corrected chi connectivity index (χ4v) is 4.23. The zero-order valence-electron chi connectivity index (χ0n) is 9.08. The Hall–Kier alpha value is -1.57. The highest BCUT2D eigenvalue weighted by molar-refractivity contribution is 7.91. The van der Waals surface area contributed by atoms with Crippen LogP contribution in [-0.2, 0) is 9.84 Å². The van der Waals surface area contributed by atoms with Crippen molar-refractivity contribution in [1.29, 1.82) is 0 Å². The van der Waals surface area contributed by atoms with E-state index in [0.29, 0.717) is 11.6 Å². The molecule has 2 fully saturated rings. The van der Waals surface area contributed by atoms with Gasteiger partial charge in [0, 0.05) is 6.07 Å². The summed E-state index contributed by atoms with van der Waals surface area (Å²) in [5.74, 6) is 0.917. The third kappa shape index (κ3) is 1.59. The number of sulfone groups is 1. The lowest BCUT2D eigenvalue weighted by molar-refractivity contribution is 0.250. The smallest absolute Gasteiger partial charge is 0.323 e. The van der Waals surface area contributed by atoms with Crippen molar-refractivity contribution in [2.75, 3.05) is 16.4 Å². The average molecular weight is 257 g/mol. The van der Waals surface area contributed by atoms with Crippen molar-refractivity contribution in [3.8, 4) is 0 Å². The molecule has 3 rings (SSSR count). The van der Waals surface area contributed by atoms with Gasteiger partial charge >= 0.3 is 6.03 Å². The Kier molecular flexibility index (Phi) is 2.00. The van der Waals surface area contributed by atoms with Gasteiger partial charge in [0.05, 0.1) is 23.6 Å². The molecule has 0 saturated carbocycles. The molecule has 0 spiro atoms. The minimum absolute atomic E-state index is 0.00323. The van der Waals surface area contributed by atoms with E-state index in [4.69, 9.17) is 4.52 Å². The Morgan fingerprint density at radius 1 is 1.53 bits per heavy atom. The highest BCUT2D eigenvalue weighted by atomic mass is 32.2. The number of urea groups is 1. The van der Waals surface area contributed by atoms with Gasteiger partial charge in [-0.25, -0.2) is 13.2 Å². The lowest BCUT2D eigenvalue weighted by atomic mass is 10.2. The van der Waals surface area contributed by atoms with E-state index in [-0.39, 0.29) is 29.6 Å². The Morgan fingerprint density at radius 2 is 2.29 bits per heavy atom. The number of rotatable bonds is 1. The van der Waals surface area contributed by atoms with Crippen LogP contribution in [0.3, 0.4) is 0 Å². The molecule has 2 atom stereocenters. The number of nitrogens with one attached hydrogen (secondary N) is 1. The zero-order chi connectivity index (χ0) is 12.2. The Bertz CT molecular complexity index is 579. The molecule has 0 bridgehead atoms. The molecule has 7 nitrogen and oxygen atoms in total. The van der Waals surface area contributed by atoms with Crippen LogP contribution in [0.15, 0.2) is 10.6 Å². The molecule has 92 valence electrons. The van der Waals surface area contributed by atoms with E-state index >= 15 is 0 Å². The van der Waals surface area contributed by atoms with E-state index in [1.807, 2.05) is 0 Å². The van der Waals surface area contributed by atoms with Gasteiger partial charge in [-0.05, 0) is 6.92 Å². The molecular weight excluding hydrogens is 246 g/mol. The van der Waals surface area contributed by atoms with E-state index in [2.05, 4.69) is 10.5 Å². The highest BCUT2D eigenvalue weighted by Crippen LogP contribution is 2.28. The second kappa shape index (κ2) is 3.22. The van der Waals surface area contributed by atoms with Crippen molar-refractivity contribution in [1.82, 2.24) is 10.5 Å². The normalized spacial score (nSPS) is 30.4. The predicted octanol–water partition coefficient (Wildman–Crippen LogP) is -0.322. The zero-order valence-corrected chi connectivity index (χ0v) is 9.90. The van der Waals surface area contributed by atoms with Gasteiger partial charge in [-0.1, -0.05) is 5.16 Å². The molecule has 0 aromatic carbocycles.